The van der Waals surface area contributed by atoms with Gasteiger partial charge in [0, 0.05) is 5.56 Å². The van der Waals surface area contributed by atoms with Crippen molar-refractivity contribution in [1.29, 1.82) is 0 Å². The summed E-state index contributed by atoms with van der Waals surface area (Å²) < 4.78 is 13.0. The third-order valence-corrected chi connectivity index (χ3v) is 1.91. The monoisotopic (exact) mass is 185 g/mol. The first-order chi connectivity index (χ1) is 6.20. The Hall–Kier alpha value is -0.970. The van der Waals surface area contributed by atoms with Crippen LogP contribution in [-0.4, -0.2) is 16.8 Å². The Morgan fingerprint density at radius 2 is 2.08 bits per heavy atom. The summed E-state index contributed by atoms with van der Waals surface area (Å²) >= 11 is 0. The highest BCUT2D eigenvalue weighted by Gasteiger charge is 2.12. The predicted octanol–water partition coefficient (Wildman–Crippen LogP) is 0.310. The Bertz CT molecular complexity index is 291. The van der Waals surface area contributed by atoms with E-state index < -0.39 is 18.5 Å². The van der Waals surface area contributed by atoms with Crippen molar-refractivity contribution in [2.75, 3.05) is 6.61 Å². The zero-order valence-electron chi connectivity index (χ0n) is 7.07. The van der Waals surface area contributed by atoms with Crippen LogP contribution in [0.2, 0.25) is 0 Å². The van der Waals surface area contributed by atoms with Crippen molar-refractivity contribution in [3.05, 3.63) is 35.1 Å². The number of aliphatic hydroxyl groups excluding tert-OH is 2. The van der Waals surface area contributed by atoms with E-state index in [1.807, 2.05) is 0 Å². The van der Waals surface area contributed by atoms with Crippen LogP contribution in [0.5, 0.6) is 0 Å². The molecule has 1 aromatic carbocycles. The first-order valence-electron chi connectivity index (χ1n) is 3.95. The molecule has 0 aliphatic carbocycles. The Morgan fingerprint density at radius 3 is 2.62 bits per heavy atom. The molecule has 13 heavy (non-hydrogen) atoms. The average molecular weight is 185 g/mol. The van der Waals surface area contributed by atoms with Gasteiger partial charge in [0.25, 0.3) is 0 Å². The van der Waals surface area contributed by atoms with Gasteiger partial charge in [0.05, 0.1) is 19.3 Å². The molecule has 0 aliphatic rings. The molecule has 0 amide bonds. The fraction of sp³-hybridized carbons (Fsp3) is 0.333. The van der Waals surface area contributed by atoms with E-state index in [-0.39, 0.29) is 12.2 Å². The lowest BCUT2D eigenvalue weighted by Crippen LogP contribution is -2.17. The van der Waals surface area contributed by atoms with Crippen LogP contribution in [-0.2, 0) is 6.61 Å². The maximum absolute atomic E-state index is 13.0. The molecule has 1 rings (SSSR count). The van der Waals surface area contributed by atoms with Crippen molar-refractivity contribution in [2.24, 2.45) is 5.73 Å². The van der Waals surface area contributed by atoms with E-state index in [2.05, 4.69) is 0 Å². The predicted molar refractivity (Wildman–Crippen MR) is 46.3 cm³/mol. The number of rotatable bonds is 3. The maximum atomic E-state index is 13.0. The molecule has 1 unspecified atom stereocenters. The molecule has 0 fully saturated rings. The first-order valence-corrected chi connectivity index (χ1v) is 3.95. The first kappa shape index (κ1) is 10.1. The number of hydrogen-bond acceptors (Lipinski definition) is 3. The molecule has 0 radical (unpaired) electrons. The average Bonchev–Trinajstić information content (AvgIpc) is 2.16. The molecule has 72 valence electrons. The standard InChI is InChI=1S/C9H12FNO2/c10-8-3-1-2-6(7(8)4-12)9(11)5-13/h1-3,9,12-13H,4-5,11H2. The second kappa shape index (κ2) is 4.32. The Morgan fingerprint density at radius 1 is 1.38 bits per heavy atom. The zero-order valence-corrected chi connectivity index (χ0v) is 7.07. The van der Waals surface area contributed by atoms with Gasteiger partial charge in [-0.1, -0.05) is 12.1 Å². The van der Waals surface area contributed by atoms with Crippen LogP contribution in [0.4, 0.5) is 4.39 Å². The van der Waals surface area contributed by atoms with Crippen LogP contribution in [0, 0.1) is 5.82 Å². The summed E-state index contributed by atoms with van der Waals surface area (Å²) in [5.74, 6) is -0.496. The minimum absolute atomic E-state index is 0.157. The smallest absolute Gasteiger partial charge is 0.129 e. The summed E-state index contributed by atoms with van der Waals surface area (Å²) in [4.78, 5) is 0. The van der Waals surface area contributed by atoms with Crippen molar-refractivity contribution in [2.45, 2.75) is 12.6 Å². The van der Waals surface area contributed by atoms with Gasteiger partial charge in [-0.25, -0.2) is 4.39 Å². The third-order valence-electron chi connectivity index (χ3n) is 1.91. The molecule has 0 bridgehead atoms. The van der Waals surface area contributed by atoms with Gasteiger partial charge in [-0.2, -0.15) is 0 Å². The van der Waals surface area contributed by atoms with E-state index in [9.17, 15) is 4.39 Å². The molecule has 0 heterocycles. The summed E-state index contributed by atoms with van der Waals surface area (Å²) in [5, 5.41) is 17.6. The van der Waals surface area contributed by atoms with E-state index in [1.54, 1.807) is 6.07 Å². The Balaban J connectivity index is 3.12. The fourth-order valence-electron chi connectivity index (χ4n) is 1.19. The zero-order chi connectivity index (χ0) is 9.84. The molecule has 0 spiro atoms. The topological polar surface area (TPSA) is 66.5 Å². The van der Waals surface area contributed by atoms with Crippen molar-refractivity contribution in [1.82, 2.24) is 0 Å². The summed E-state index contributed by atoms with van der Waals surface area (Å²) in [5.41, 5.74) is 6.12. The van der Waals surface area contributed by atoms with Crippen LogP contribution in [0.15, 0.2) is 18.2 Å². The maximum Gasteiger partial charge on any atom is 0.129 e. The molecule has 1 atom stereocenters. The number of halogens is 1. The van der Waals surface area contributed by atoms with Crippen LogP contribution in [0.25, 0.3) is 0 Å². The molecule has 4 N–H and O–H groups in total. The minimum atomic E-state index is -0.641. The summed E-state index contributed by atoms with van der Waals surface area (Å²) in [7, 11) is 0. The highest BCUT2D eigenvalue weighted by atomic mass is 19.1. The number of aliphatic hydroxyl groups is 2. The summed E-state index contributed by atoms with van der Waals surface area (Å²) in [6, 6.07) is 3.70. The van der Waals surface area contributed by atoms with Crippen LogP contribution >= 0.6 is 0 Å². The molecule has 0 saturated heterocycles. The van der Waals surface area contributed by atoms with Crippen LogP contribution < -0.4 is 5.73 Å². The van der Waals surface area contributed by atoms with E-state index in [0.717, 1.165) is 0 Å². The van der Waals surface area contributed by atoms with Gasteiger partial charge in [0.15, 0.2) is 0 Å². The van der Waals surface area contributed by atoms with Gasteiger partial charge in [0.2, 0.25) is 0 Å². The van der Waals surface area contributed by atoms with Crippen molar-refractivity contribution < 1.29 is 14.6 Å². The van der Waals surface area contributed by atoms with E-state index in [0.29, 0.717) is 5.56 Å². The van der Waals surface area contributed by atoms with Gasteiger partial charge in [-0.3, -0.25) is 0 Å². The molecular formula is C9H12FNO2. The number of hydrogen-bond donors (Lipinski definition) is 3. The van der Waals surface area contributed by atoms with Gasteiger partial charge in [-0.15, -0.1) is 0 Å². The molecule has 0 aromatic heterocycles. The fourth-order valence-corrected chi connectivity index (χ4v) is 1.19. The molecule has 3 nitrogen and oxygen atoms in total. The normalized spacial score (nSPS) is 12.9. The summed E-state index contributed by atoms with van der Waals surface area (Å²) in [6.07, 6.45) is 0. The third kappa shape index (κ3) is 2.03. The molecule has 0 saturated carbocycles. The lowest BCUT2D eigenvalue weighted by Gasteiger charge is -2.13. The number of nitrogens with two attached hydrogens (primary N) is 1. The molecule has 1 aromatic rings. The van der Waals surface area contributed by atoms with Crippen molar-refractivity contribution in [3.63, 3.8) is 0 Å². The van der Waals surface area contributed by atoms with Gasteiger partial charge < -0.3 is 15.9 Å². The van der Waals surface area contributed by atoms with Gasteiger partial charge >= 0.3 is 0 Å². The number of benzene rings is 1. The SMILES string of the molecule is NC(CO)c1cccc(F)c1CO. The quantitative estimate of drug-likeness (QED) is 0.635. The molecule has 4 heteroatoms. The summed E-state index contributed by atoms with van der Waals surface area (Å²) in [6.45, 7) is -0.674. The second-order valence-electron chi connectivity index (χ2n) is 2.75. The Kier molecular flexibility index (Phi) is 3.36. The highest BCUT2D eigenvalue weighted by Crippen LogP contribution is 2.18. The second-order valence-corrected chi connectivity index (χ2v) is 2.75. The highest BCUT2D eigenvalue weighted by molar-refractivity contribution is 5.30. The largest absolute Gasteiger partial charge is 0.394 e. The van der Waals surface area contributed by atoms with E-state index in [1.165, 1.54) is 12.1 Å². The van der Waals surface area contributed by atoms with Crippen molar-refractivity contribution >= 4 is 0 Å². The van der Waals surface area contributed by atoms with E-state index >= 15 is 0 Å². The van der Waals surface area contributed by atoms with Crippen LogP contribution in [0.1, 0.15) is 17.2 Å². The lowest BCUT2D eigenvalue weighted by molar-refractivity contribution is 0.256. The van der Waals surface area contributed by atoms with Crippen molar-refractivity contribution in [3.8, 4) is 0 Å². The minimum Gasteiger partial charge on any atom is -0.394 e. The lowest BCUT2D eigenvalue weighted by atomic mass is 10.0. The molecular weight excluding hydrogens is 173 g/mol. The molecule has 0 aliphatic heterocycles. The van der Waals surface area contributed by atoms with E-state index in [4.69, 9.17) is 15.9 Å². The van der Waals surface area contributed by atoms with Gasteiger partial charge in [-0.05, 0) is 11.6 Å². The Labute approximate surface area is 75.6 Å². The van der Waals surface area contributed by atoms with Gasteiger partial charge in [0.1, 0.15) is 5.82 Å². The van der Waals surface area contributed by atoms with Crippen LogP contribution in [0.3, 0.4) is 0 Å².